The predicted octanol–water partition coefficient (Wildman–Crippen LogP) is 2.32. The fourth-order valence-electron chi connectivity index (χ4n) is 2.59. The maximum absolute atomic E-state index is 12.3. The van der Waals surface area contributed by atoms with E-state index in [-0.39, 0.29) is 11.8 Å². The van der Waals surface area contributed by atoms with Gasteiger partial charge in [0.05, 0.1) is 7.11 Å². The second kappa shape index (κ2) is 8.22. The van der Waals surface area contributed by atoms with Gasteiger partial charge in [-0.25, -0.2) is 14.5 Å². The summed E-state index contributed by atoms with van der Waals surface area (Å²) in [4.78, 5) is 18.1. The molecule has 140 valence electrons. The van der Waals surface area contributed by atoms with Crippen molar-refractivity contribution in [2.45, 2.75) is 13.1 Å². The molecule has 0 aliphatic carbocycles. The Balaban J connectivity index is 1.57. The smallest absolute Gasteiger partial charge is 0.317 e. The number of nitrogens with one attached hydrogen (secondary N) is 1. The third-order valence-electron chi connectivity index (χ3n) is 4.00. The number of hydrogen-bond donors (Lipinski definition) is 2. The van der Waals surface area contributed by atoms with Crippen LogP contribution in [-0.2, 0) is 13.1 Å². The number of carbonyl (C=O) groups excluding carboxylic acids is 1. The van der Waals surface area contributed by atoms with Gasteiger partial charge in [-0.2, -0.15) is 5.10 Å². The molecule has 0 spiro atoms. The summed E-state index contributed by atoms with van der Waals surface area (Å²) >= 11 is 0. The highest BCUT2D eigenvalue weighted by atomic mass is 16.5. The summed E-state index contributed by atoms with van der Waals surface area (Å²) in [6.45, 7) is 0.728. The van der Waals surface area contributed by atoms with Gasteiger partial charge in [0.15, 0.2) is 17.3 Å². The molecule has 0 fully saturated rings. The second-order valence-electron chi connectivity index (χ2n) is 5.99. The van der Waals surface area contributed by atoms with Crippen molar-refractivity contribution in [1.29, 1.82) is 0 Å². The van der Waals surface area contributed by atoms with Gasteiger partial charge in [-0.15, -0.1) is 0 Å². The van der Waals surface area contributed by atoms with Gasteiger partial charge in [0.25, 0.3) is 0 Å². The lowest BCUT2D eigenvalue weighted by Crippen LogP contribution is -2.36. The molecule has 0 unspecified atom stereocenters. The van der Waals surface area contributed by atoms with Crippen LogP contribution in [0.15, 0.2) is 55.0 Å². The number of methoxy groups -OCH3 is 1. The van der Waals surface area contributed by atoms with Crippen LogP contribution in [0.5, 0.6) is 11.5 Å². The van der Waals surface area contributed by atoms with Crippen molar-refractivity contribution < 1.29 is 14.6 Å². The van der Waals surface area contributed by atoms with E-state index < -0.39 is 0 Å². The van der Waals surface area contributed by atoms with E-state index in [0.717, 1.165) is 11.1 Å². The van der Waals surface area contributed by atoms with E-state index >= 15 is 0 Å². The van der Waals surface area contributed by atoms with Crippen LogP contribution in [0, 0.1) is 0 Å². The van der Waals surface area contributed by atoms with Crippen LogP contribution in [0.4, 0.5) is 4.79 Å². The van der Waals surface area contributed by atoms with Crippen LogP contribution < -0.4 is 10.1 Å². The van der Waals surface area contributed by atoms with Crippen LogP contribution in [0.25, 0.3) is 5.82 Å². The first-order valence-electron chi connectivity index (χ1n) is 8.36. The van der Waals surface area contributed by atoms with E-state index in [1.54, 1.807) is 36.3 Å². The molecular formula is C19H21N5O3. The van der Waals surface area contributed by atoms with Crippen LogP contribution in [0.3, 0.4) is 0 Å². The van der Waals surface area contributed by atoms with Crippen molar-refractivity contribution in [3.63, 3.8) is 0 Å². The first kappa shape index (κ1) is 18.2. The summed E-state index contributed by atoms with van der Waals surface area (Å²) in [5.41, 5.74) is 1.72. The van der Waals surface area contributed by atoms with Crippen LogP contribution in [0.2, 0.25) is 0 Å². The zero-order valence-corrected chi connectivity index (χ0v) is 15.2. The van der Waals surface area contributed by atoms with Gasteiger partial charge < -0.3 is 20.1 Å². The number of aromatic nitrogens is 3. The molecule has 0 radical (unpaired) electrons. The van der Waals surface area contributed by atoms with Crippen molar-refractivity contribution in [1.82, 2.24) is 25.0 Å². The van der Waals surface area contributed by atoms with E-state index in [1.165, 1.54) is 12.0 Å². The average Bonchev–Trinajstić information content (AvgIpc) is 3.21. The number of phenolic OH excluding ortho intramolecular Hbond substituents is 1. The maximum atomic E-state index is 12.3. The molecule has 0 aliphatic rings. The van der Waals surface area contributed by atoms with E-state index in [4.69, 9.17) is 4.74 Å². The molecule has 2 heterocycles. The summed E-state index contributed by atoms with van der Waals surface area (Å²) < 4.78 is 6.68. The number of rotatable bonds is 6. The van der Waals surface area contributed by atoms with Crippen LogP contribution in [-0.4, -0.2) is 45.0 Å². The zero-order valence-electron chi connectivity index (χ0n) is 15.2. The van der Waals surface area contributed by atoms with Gasteiger partial charge in [-0.05, 0) is 41.5 Å². The Morgan fingerprint density at radius 2 is 2.11 bits per heavy atom. The third kappa shape index (κ3) is 4.55. The third-order valence-corrected chi connectivity index (χ3v) is 4.00. The summed E-state index contributed by atoms with van der Waals surface area (Å²) in [5, 5.41) is 16.9. The number of pyridine rings is 1. The quantitative estimate of drug-likeness (QED) is 0.698. The Hall–Kier alpha value is -3.55. The molecule has 3 aromatic rings. The number of ether oxygens (including phenoxy) is 1. The van der Waals surface area contributed by atoms with E-state index in [2.05, 4.69) is 15.4 Å². The Bertz CT molecular complexity index is 911. The molecule has 1 aromatic carbocycles. The Kier molecular flexibility index (Phi) is 5.55. The minimum Gasteiger partial charge on any atom is -0.504 e. The number of hydrogen-bond acceptors (Lipinski definition) is 5. The zero-order chi connectivity index (χ0) is 19.2. The molecule has 27 heavy (non-hydrogen) atoms. The Morgan fingerprint density at radius 3 is 2.81 bits per heavy atom. The van der Waals surface area contributed by atoms with Gasteiger partial charge in [0, 0.05) is 38.7 Å². The second-order valence-corrected chi connectivity index (χ2v) is 5.99. The fraction of sp³-hybridized carbons (Fsp3) is 0.211. The maximum Gasteiger partial charge on any atom is 0.317 e. The van der Waals surface area contributed by atoms with Gasteiger partial charge in [-0.1, -0.05) is 6.07 Å². The van der Waals surface area contributed by atoms with Crippen molar-refractivity contribution in [3.8, 4) is 17.3 Å². The highest BCUT2D eigenvalue weighted by Crippen LogP contribution is 2.26. The number of carbonyl (C=O) groups is 1. The lowest BCUT2D eigenvalue weighted by Gasteiger charge is -2.18. The highest BCUT2D eigenvalue weighted by molar-refractivity contribution is 5.73. The predicted molar refractivity (Wildman–Crippen MR) is 99.7 cm³/mol. The lowest BCUT2D eigenvalue weighted by atomic mass is 10.2. The fourth-order valence-corrected chi connectivity index (χ4v) is 2.59. The van der Waals surface area contributed by atoms with Crippen LogP contribution in [0.1, 0.15) is 11.1 Å². The molecule has 2 aromatic heterocycles. The van der Waals surface area contributed by atoms with Gasteiger partial charge in [-0.3, -0.25) is 0 Å². The van der Waals surface area contributed by atoms with E-state index in [9.17, 15) is 9.90 Å². The normalized spacial score (nSPS) is 10.4. The molecule has 0 atom stereocenters. The summed E-state index contributed by atoms with van der Waals surface area (Å²) in [5.74, 6) is 1.14. The average molecular weight is 367 g/mol. The minimum atomic E-state index is -0.220. The lowest BCUT2D eigenvalue weighted by molar-refractivity contribution is 0.206. The molecule has 0 bridgehead atoms. The van der Waals surface area contributed by atoms with Crippen molar-refractivity contribution in [2.75, 3.05) is 14.2 Å². The number of urea groups is 1. The van der Waals surface area contributed by atoms with Crippen molar-refractivity contribution in [3.05, 3.63) is 66.1 Å². The molecule has 0 aliphatic heterocycles. The molecule has 0 saturated heterocycles. The number of aromatic hydroxyl groups is 1. The first-order valence-corrected chi connectivity index (χ1v) is 8.36. The first-order chi connectivity index (χ1) is 13.1. The molecule has 0 saturated carbocycles. The summed E-state index contributed by atoms with van der Waals surface area (Å²) in [6, 6.07) is 10.4. The standard InChI is InChI=1S/C19H21N5O3/c1-23(13-15-4-5-17(27-2)16(25)10-15)19(26)21-12-14-6-8-20-18(11-14)24-9-3-7-22-24/h3-11,25H,12-13H2,1-2H3,(H,21,26). The summed E-state index contributed by atoms with van der Waals surface area (Å²) in [7, 11) is 3.18. The molecule has 8 heteroatoms. The SMILES string of the molecule is COc1ccc(CN(C)C(=O)NCc2ccnc(-n3cccn3)c2)cc1O. The van der Waals surface area contributed by atoms with Gasteiger partial charge >= 0.3 is 6.03 Å². The molecule has 3 rings (SSSR count). The van der Waals surface area contributed by atoms with Crippen molar-refractivity contribution in [2.24, 2.45) is 0 Å². The molecule has 2 N–H and O–H groups in total. The Morgan fingerprint density at radius 1 is 1.26 bits per heavy atom. The topological polar surface area (TPSA) is 92.5 Å². The number of phenols is 1. The largest absolute Gasteiger partial charge is 0.504 e. The minimum absolute atomic E-state index is 0.0479. The van der Waals surface area contributed by atoms with Gasteiger partial charge in [0.1, 0.15) is 0 Å². The highest BCUT2D eigenvalue weighted by Gasteiger charge is 2.11. The molecule has 2 amide bonds. The van der Waals surface area contributed by atoms with Crippen molar-refractivity contribution >= 4 is 6.03 Å². The summed E-state index contributed by atoms with van der Waals surface area (Å²) in [6.07, 6.45) is 5.17. The monoisotopic (exact) mass is 367 g/mol. The Labute approximate surface area is 157 Å². The van der Waals surface area contributed by atoms with E-state index in [0.29, 0.717) is 24.7 Å². The van der Waals surface area contributed by atoms with Crippen LogP contribution >= 0.6 is 0 Å². The molecule has 8 nitrogen and oxygen atoms in total. The number of benzene rings is 1. The molecular weight excluding hydrogens is 346 g/mol. The number of amides is 2. The van der Waals surface area contributed by atoms with Gasteiger partial charge in [0.2, 0.25) is 0 Å². The number of nitrogens with zero attached hydrogens (tertiary/aromatic N) is 4. The van der Waals surface area contributed by atoms with E-state index in [1.807, 2.05) is 30.5 Å².